The Kier molecular flexibility index (Phi) is 2.54. The number of hydrogen-bond donors (Lipinski definition) is 0. The maximum Gasteiger partial charge on any atom is 0.270 e. The van der Waals surface area contributed by atoms with E-state index < -0.39 is 4.92 Å². The molecule has 4 nitrogen and oxygen atoms in total. The minimum atomic E-state index is -0.512. The van der Waals surface area contributed by atoms with Gasteiger partial charge >= 0.3 is 0 Å². The molecule has 0 aromatic heterocycles. The molecule has 0 amide bonds. The first-order valence-electron chi connectivity index (χ1n) is 3.54. The maximum atomic E-state index is 10.4. The Morgan fingerprint density at radius 1 is 1.54 bits per heavy atom. The van der Waals surface area contributed by atoms with Gasteiger partial charge in [0.25, 0.3) is 5.69 Å². The smallest absolute Gasteiger partial charge is 0.270 e. The molecule has 0 saturated carbocycles. The van der Waals surface area contributed by atoms with Gasteiger partial charge in [-0.25, -0.2) is 0 Å². The first-order chi connectivity index (χ1) is 6.15. The summed E-state index contributed by atoms with van der Waals surface area (Å²) in [6, 6.07) is 5.80. The molecule has 0 aliphatic heterocycles. The van der Waals surface area contributed by atoms with Gasteiger partial charge in [0.2, 0.25) is 0 Å². The summed E-state index contributed by atoms with van der Waals surface area (Å²) in [4.78, 5) is 20.2. The molecule has 66 valence electrons. The zero-order valence-corrected chi connectivity index (χ0v) is 6.77. The lowest BCUT2D eigenvalue weighted by Gasteiger charge is -1.96. The van der Waals surface area contributed by atoms with Crippen LogP contribution < -0.4 is 0 Å². The van der Waals surface area contributed by atoms with Gasteiger partial charge < -0.3 is 0 Å². The van der Waals surface area contributed by atoms with Gasteiger partial charge in [-0.1, -0.05) is 18.7 Å². The zero-order chi connectivity index (χ0) is 9.84. The highest BCUT2D eigenvalue weighted by Gasteiger charge is 2.06. The SMILES string of the molecule is C=C(C=O)c1cccc([N+](=O)[O-])c1. The normalized spacial score (nSPS) is 9.23. The van der Waals surface area contributed by atoms with Crippen molar-refractivity contribution in [2.24, 2.45) is 0 Å². The average molecular weight is 177 g/mol. The van der Waals surface area contributed by atoms with E-state index in [1.54, 1.807) is 6.07 Å². The van der Waals surface area contributed by atoms with Crippen molar-refractivity contribution in [1.29, 1.82) is 0 Å². The van der Waals surface area contributed by atoms with Crippen LogP contribution in [-0.2, 0) is 4.79 Å². The van der Waals surface area contributed by atoms with Crippen LogP contribution in [0.5, 0.6) is 0 Å². The van der Waals surface area contributed by atoms with Crippen LogP contribution in [0.25, 0.3) is 5.57 Å². The van der Waals surface area contributed by atoms with Crippen LogP contribution in [0, 0.1) is 10.1 Å². The van der Waals surface area contributed by atoms with Crippen molar-refractivity contribution in [3.05, 3.63) is 46.5 Å². The molecule has 13 heavy (non-hydrogen) atoms. The second-order valence-electron chi connectivity index (χ2n) is 2.45. The fourth-order valence-corrected chi connectivity index (χ4v) is 0.887. The van der Waals surface area contributed by atoms with Gasteiger partial charge in [0, 0.05) is 17.7 Å². The molecular formula is C9H7NO3. The summed E-state index contributed by atoms with van der Waals surface area (Å²) < 4.78 is 0. The molecule has 1 aromatic rings. The third kappa shape index (κ3) is 1.99. The van der Waals surface area contributed by atoms with Gasteiger partial charge in [-0.05, 0) is 5.56 Å². The number of allylic oxidation sites excluding steroid dienone is 1. The van der Waals surface area contributed by atoms with E-state index in [4.69, 9.17) is 0 Å². The van der Waals surface area contributed by atoms with Crippen LogP contribution in [0.15, 0.2) is 30.8 Å². The summed E-state index contributed by atoms with van der Waals surface area (Å²) in [5, 5.41) is 10.4. The van der Waals surface area contributed by atoms with Crippen molar-refractivity contribution in [2.75, 3.05) is 0 Å². The fourth-order valence-electron chi connectivity index (χ4n) is 0.887. The molecule has 0 atom stereocenters. The van der Waals surface area contributed by atoms with Gasteiger partial charge in [-0.2, -0.15) is 0 Å². The number of hydrogen-bond acceptors (Lipinski definition) is 3. The Bertz CT molecular complexity index is 371. The highest BCUT2D eigenvalue weighted by Crippen LogP contribution is 2.17. The van der Waals surface area contributed by atoms with Crippen molar-refractivity contribution in [1.82, 2.24) is 0 Å². The first-order valence-corrected chi connectivity index (χ1v) is 3.54. The van der Waals surface area contributed by atoms with Gasteiger partial charge in [0.1, 0.15) is 6.29 Å². The van der Waals surface area contributed by atoms with E-state index in [1.807, 2.05) is 0 Å². The lowest BCUT2D eigenvalue weighted by molar-refractivity contribution is -0.384. The van der Waals surface area contributed by atoms with Crippen LogP contribution >= 0.6 is 0 Å². The Hall–Kier alpha value is -1.97. The number of nitro benzene ring substituents is 1. The molecule has 0 aliphatic carbocycles. The minimum absolute atomic E-state index is 0.0412. The molecule has 0 spiro atoms. The molecule has 1 aromatic carbocycles. The molecule has 4 heteroatoms. The monoisotopic (exact) mass is 177 g/mol. The molecule has 0 unspecified atom stereocenters. The van der Waals surface area contributed by atoms with Gasteiger partial charge in [-0.3, -0.25) is 14.9 Å². The summed E-state index contributed by atoms with van der Waals surface area (Å²) in [6.07, 6.45) is 0.569. The number of carbonyl (C=O) groups is 1. The Balaban J connectivity index is 3.12. The van der Waals surface area contributed by atoms with Crippen LogP contribution in [0.3, 0.4) is 0 Å². The van der Waals surface area contributed by atoms with Crippen molar-refractivity contribution >= 4 is 17.5 Å². The Morgan fingerprint density at radius 3 is 2.77 bits per heavy atom. The molecule has 1 rings (SSSR count). The number of nitrogens with zero attached hydrogens (tertiary/aromatic N) is 1. The number of rotatable bonds is 3. The van der Waals surface area contributed by atoms with Gasteiger partial charge in [0.05, 0.1) is 4.92 Å². The van der Waals surface area contributed by atoms with Gasteiger partial charge in [0.15, 0.2) is 0 Å². The predicted octanol–water partition coefficient (Wildman–Crippen LogP) is 1.81. The van der Waals surface area contributed by atoms with E-state index in [1.165, 1.54) is 18.2 Å². The summed E-state index contributed by atoms with van der Waals surface area (Å²) >= 11 is 0. The predicted molar refractivity (Wildman–Crippen MR) is 48.2 cm³/mol. The molecule has 0 radical (unpaired) electrons. The Morgan fingerprint density at radius 2 is 2.23 bits per heavy atom. The van der Waals surface area contributed by atoms with Crippen molar-refractivity contribution in [2.45, 2.75) is 0 Å². The van der Waals surface area contributed by atoms with E-state index in [-0.39, 0.29) is 11.3 Å². The number of carbonyl (C=O) groups excluding carboxylic acids is 1. The third-order valence-corrected chi connectivity index (χ3v) is 1.57. The molecule has 0 fully saturated rings. The summed E-state index contributed by atoms with van der Waals surface area (Å²) in [7, 11) is 0. The number of non-ortho nitro benzene ring substituents is 1. The molecule has 0 aliphatic rings. The quantitative estimate of drug-likeness (QED) is 0.306. The summed E-state index contributed by atoms with van der Waals surface area (Å²) in [5.74, 6) is 0. The molecular weight excluding hydrogens is 170 g/mol. The van der Waals surface area contributed by atoms with E-state index in [0.29, 0.717) is 11.8 Å². The largest absolute Gasteiger partial charge is 0.298 e. The standard InChI is InChI=1S/C9H7NO3/c1-7(6-11)8-3-2-4-9(5-8)10(12)13/h2-6H,1H2. The lowest BCUT2D eigenvalue weighted by atomic mass is 10.1. The zero-order valence-electron chi connectivity index (χ0n) is 6.77. The topological polar surface area (TPSA) is 60.2 Å². The molecule has 0 bridgehead atoms. The van der Waals surface area contributed by atoms with Crippen LogP contribution in [0.4, 0.5) is 5.69 Å². The van der Waals surface area contributed by atoms with Crippen LogP contribution in [-0.4, -0.2) is 11.2 Å². The second-order valence-corrected chi connectivity index (χ2v) is 2.45. The average Bonchev–Trinajstić information content (AvgIpc) is 2.17. The number of aldehydes is 1. The van der Waals surface area contributed by atoms with E-state index in [0.717, 1.165) is 0 Å². The van der Waals surface area contributed by atoms with E-state index >= 15 is 0 Å². The Labute approximate surface area is 74.7 Å². The highest BCUT2D eigenvalue weighted by atomic mass is 16.6. The highest BCUT2D eigenvalue weighted by molar-refractivity contribution is 6.05. The van der Waals surface area contributed by atoms with Crippen molar-refractivity contribution in [3.63, 3.8) is 0 Å². The van der Waals surface area contributed by atoms with Crippen molar-refractivity contribution in [3.8, 4) is 0 Å². The van der Waals surface area contributed by atoms with Gasteiger partial charge in [-0.15, -0.1) is 0 Å². The first kappa shape index (κ1) is 9.12. The molecule has 0 N–H and O–H groups in total. The van der Waals surface area contributed by atoms with Crippen LogP contribution in [0.2, 0.25) is 0 Å². The molecule has 0 heterocycles. The summed E-state index contributed by atoms with van der Waals surface area (Å²) in [5.41, 5.74) is 0.674. The number of nitro groups is 1. The second kappa shape index (κ2) is 3.62. The van der Waals surface area contributed by atoms with Crippen LogP contribution in [0.1, 0.15) is 5.56 Å². The van der Waals surface area contributed by atoms with E-state index in [9.17, 15) is 14.9 Å². The fraction of sp³-hybridized carbons (Fsp3) is 0. The van der Waals surface area contributed by atoms with Crippen molar-refractivity contribution < 1.29 is 9.72 Å². The summed E-state index contributed by atoms with van der Waals surface area (Å²) in [6.45, 7) is 3.45. The minimum Gasteiger partial charge on any atom is -0.298 e. The lowest BCUT2D eigenvalue weighted by Crippen LogP contribution is -1.90. The third-order valence-electron chi connectivity index (χ3n) is 1.57. The van der Waals surface area contributed by atoms with E-state index in [2.05, 4.69) is 6.58 Å². The molecule has 0 saturated heterocycles. The number of benzene rings is 1. The maximum absolute atomic E-state index is 10.4.